The number of nitrogens with one attached hydrogen (secondary N) is 1. The summed E-state index contributed by atoms with van der Waals surface area (Å²) in [5, 5.41) is 3.27. The Labute approximate surface area is 127 Å². The third-order valence-corrected chi connectivity index (χ3v) is 3.14. The van der Waals surface area contributed by atoms with E-state index in [-0.39, 0.29) is 5.92 Å². The van der Waals surface area contributed by atoms with Crippen LogP contribution < -0.4 is 10.1 Å². The van der Waals surface area contributed by atoms with E-state index in [0.717, 1.165) is 21.8 Å². The quantitative estimate of drug-likeness (QED) is 0.848. The maximum Gasteiger partial charge on any atom is 0.218 e. The van der Waals surface area contributed by atoms with Crippen molar-refractivity contribution in [3.8, 4) is 5.88 Å². The highest BCUT2D eigenvalue weighted by atomic mass is 79.9. The summed E-state index contributed by atoms with van der Waals surface area (Å²) in [4.78, 5) is 13.0. The predicted octanol–water partition coefficient (Wildman–Crippen LogP) is 3.38. The van der Waals surface area contributed by atoms with Gasteiger partial charge in [-0.3, -0.25) is 0 Å². The minimum absolute atomic E-state index is 0.279. The first-order valence-corrected chi connectivity index (χ1v) is 7.15. The zero-order valence-electron chi connectivity index (χ0n) is 11.7. The Morgan fingerprint density at radius 1 is 1.35 bits per heavy atom. The van der Waals surface area contributed by atoms with Crippen LogP contribution in [0.5, 0.6) is 5.88 Å². The fourth-order valence-electron chi connectivity index (χ4n) is 1.71. The maximum absolute atomic E-state index is 5.23. The summed E-state index contributed by atoms with van der Waals surface area (Å²) >= 11 is 3.41. The number of rotatable bonds is 5. The second kappa shape index (κ2) is 6.65. The Kier molecular flexibility index (Phi) is 4.89. The molecule has 2 rings (SSSR count). The summed E-state index contributed by atoms with van der Waals surface area (Å²) < 4.78 is 6.00. The van der Waals surface area contributed by atoms with Crippen molar-refractivity contribution in [1.82, 2.24) is 15.0 Å². The zero-order chi connectivity index (χ0) is 14.5. The summed E-state index contributed by atoms with van der Waals surface area (Å²) in [6.45, 7) is 4.73. The molecule has 0 spiro atoms. The van der Waals surface area contributed by atoms with Gasteiger partial charge in [-0.15, -0.1) is 0 Å². The fraction of sp³-hybridized carbons (Fsp3) is 0.357. The van der Waals surface area contributed by atoms with Crippen LogP contribution in [0.25, 0.3) is 0 Å². The van der Waals surface area contributed by atoms with Crippen molar-refractivity contribution in [2.24, 2.45) is 0 Å². The standard InChI is InChI=1S/C14H17BrN4O/c1-9(2)13-18-11(15)7-12(19-13)17-8-10-5-4-6-16-14(10)20-3/h4-7,9H,8H2,1-3H3,(H,17,18,19). The van der Waals surface area contributed by atoms with Gasteiger partial charge in [0.25, 0.3) is 0 Å². The van der Waals surface area contributed by atoms with Crippen LogP contribution >= 0.6 is 15.9 Å². The van der Waals surface area contributed by atoms with E-state index < -0.39 is 0 Å². The lowest BCUT2D eigenvalue weighted by atomic mass is 10.2. The van der Waals surface area contributed by atoms with Gasteiger partial charge in [0.05, 0.1) is 7.11 Å². The van der Waals surface area contributed by atoms with E-state index in [1.54, 1.807) is 13.3 Å². The van der Waals surface area contributed by atoms with Crippen LogP contribution in [0.1, 0.15) is 31.2 Å². The third kappa shape index (κ3) is 3.66. The van der Waals surface area contributed by atoms with Gasteiger partial charge in [-0.1, -0.05) is 19.9 Å². The molecule has 0 amide bonds. The van der Waals surface area contributed by atoms with Gasteiger partial charge in [0.1, 0.15) is 16.2 Å². The van der Waals surface area contributed by atoms with Crippen LogP contribution in [0.2, 0.25) is 0 Å². The highest BCUT2D eigenvalue weighted by molar-refractivity contribution is 9.10. The van der Waals surface area contributed by atoms with Gasteiger partial charge in [0.15, 0.2) is 0 Å². The summed E-state index contributed by atoms with van der Waals surface area (Å²) in [6.07, 6.45) is 1.71. The Balaban J connectivity index is 2.14. The first kappa shape index (κ1) is 14.7. The van der Waals surface area contributed by atoms with Gasteiger partial charge >= 0.3 is 0 Å². The minimum atomic E-state index is 0.279. The molecule has 2 aromatic heterocycles. The Morgan fingerprint density at radius 2 is 2.15 bits per heavy atom. The summed E-state index contributed by atoms with van der Waals surface area (Å²) in [7, 11) is 1.62. The minimum Gasteiger partial charge on any atom is -0.481 e. The number of methoxy groups -OCH3 is 1. The van der Waals surface area contributed by atoms with Crippen LogP contribution in [0.4, 0.5) is 5.82 Å². The zero-order valence-corrected chi connectivity index (χ0v) is 13.3. The van der Waals surface area contributed by atoms with Crippen molar-refractivity contribution >= 4 is 21.7 Å². The SMILES string of the molecule is COc1ncccc1CNc1cc(Br)nc(C(C)C)n1. The second-order valence-corrected chi connectivity index (χ2v) is 5.43. The lowest BCUT2D eigenvalue weighted by molar-refractivity contribution is 0.393. The lowest BCUT2D eigenvalue weighted by Crippen LogP contribution is -2.07. The van der Waals surface area contributed by atoms with Crippen molar-refractivity contribution in [3.63, 3.8) is 0 Å². The summed E-state index contributed by atoms with van der Waals surface area (Å²) in [6, 6.07) is 5.71. The van der Waals surface area contributed by atoms with Crippen molar-refractivity contribution < 1.29 is 4.74 Å². The van der Waals surface area contributed by atoms with Gasteiger partial charge in [0.2, 0.25) is 5.88 Å². The third-order valence-electron chi connectivity index (χ3n) is 2.73. The largest absolute Gasteiger partial charge is 0.481 e. The van der Waals surface area contributed by atoms with Crippen molar-refractivity contribution in [2.45, 2.75) is 26.3 Å². The number of hydrogen-bond acceptors (Lipinski definition) is 5. The summed E-state index contributed by atoms with van der Waals surface area (Å²) in [5.41, 5.74) is 0.982. The Hall–Kier alpha value is -1.69. The molecule has 0 saturated carbocycles. The molecule has 0 unspecified atom stereocenters. The number of pyridine rings is 1. The molecule has 106 valence electrons. The van der Waals surface area contributed by atoms with E-state index in [1.165, 1.54) is 0 Å². The monoisotopic (exact) mass is 336 g/mol. The molecule has 20 heavy (non-hydrogen) atoms. The van der Waals surface area contributed by atoms with Gasteiger partial charge in [0, 0.05) is 30.3 Å². The molecular weight excluding hydrogens is 320 g/mol. The average molecular weight is 337 g/mol. The number of hydrogen-bond donors (Lipinski definition) is 1. The average Bonchev–Trinajstić information content (AvgIpc) is 2.44. The number of aromatic nitrogens is 3. The first-order valence-electron chi connectivity index (χ1n) is 6.36. The van der Waals surface area contributed by atoms with Gasteiger partial charge in [-0.2, -0.15) is 0 Å². The predicted molar refractivity (Wildman–Crippen MR) is 81.9 cm³/mol. The van der Waals surface area contributed by atoms with E-state index in [0.29, 0.717) is 12.4 Å². The number of ether oxygens (including phenoxy) is 1. The van der Waals surface area contributed by atoms with Crippen LogP contribution in [0, 0.1) is 0 Å². The molecular formula is C14H17BrN4O. The molecule has 0 aliphatic carbocycles. The van der Waals surface area contributed by atoms with Crippen LogP contribution in [-0.2, 0) is 6.54 Å². The molecule has 0 radical (unpaired) electrons. The van der Waals surface area contributed by atoms with Crippen LogP contribution in [-0.4, -0.2) is 22.1 Å². The number of nitrogens with zero attached hydrogens (tertiary/aromatic N) is 3. The molecule has 0 aliphatic rings. The van der Waals surface area contributed by atoms with Crippen LogP contribution in [0.3, 0.4) is 0 Å². The first-order chi connectivity index (χ1) is 9.60. The molecule has 0 atom stereocenters. The van der Waals surface area contributed by atoms with Gasteiger partial charge in [-0.25, -0.2) is 15.0 Å². The molecule has 0 aromatic carbocycles. The normalized spacial score (nSPS) is 10.7. The fourth-order valence-corrected chi connectivity index (χ4v) is 2.11. The van der Waals surface area contributed by atoms with Gasteiger partial charge in [-0.05, 0) is 22.0 Å². The smallest absolute Gasteiger partial charge is 0.218 e. The molecule has 0 bridgehead atoms. The van der Waals surface area contributed by atoms with E-state index in [1.807, 2.05) is 18.2 Å². The molecule has 0 aliphatic heterocycles. The molecule has 6 heteroatoms. The van der Waals surface area contributed by atoms with Gasteiger partial charge < -0.3 is 10.1 Å². The second-order valence-electron chi connectivity index (χ2n) is 4.61. The number of anilines is 1. The molecule has 1 N–H and O–H groups in total. The summed E-state index contributed by atoms with van der Waals surface area (Å²) in [5.74, 6) is 2.49. The van der Waals surface area contributed by atoms with Crippen molar-refractivity contribution in [3.05, 3.63) is 40.4 Å². The molecule has 0 fully saturated rings. The maximum atomic E-state index is 5.23. The Bertz CT molecular complexity index is 589. The highest BCUT2D eigenvalue weighted by Crippen LogP contribution is 2.19. The van der Waals surface area contributed by atoms with E-state index in [9.17, 15) is 0 Å². The van der Waals surface area contributed by atoms with E-state index in [2.05, 4.69) is 50.0 Å². The van der Waals surface area contributed by atoms with E-state index in [4.69, 9.17) is 4.74 Å². The molecule has 2 aromatic rings. The van der Waals surface area contributed by atoms with Crippen LogP contribution in [0.15, 0.2) is 29.0 Å². The topological polar surface area (TPSA) is 59.9 Å². The highest BCUT2D eigenvalue weighted by Gasteiger charge is 2.08. The molecule has 5 nitrogen and oxygen atoms in total. The Morgan fingerprint density at radius 3 is 2.85 bits per heavy atom. The lowest BCUT2D eigenvalue weighted by Gasteiger charge is -2.11. The van der Waals surface area contributed by atoms with Crippen molar-refractivity contribution in [2.75, 3.05) is 12.4 Å². The van der Waals surface area contributed by atoms with Crippen molar-refractivity contribution in [1.29, 1.82) is 0 Å². The number of halogens is 1. The molecule has 0 saturated heterocycles. The molecule has 2 heterocycles. The van der Waals surface area contributed by atoms with E-state index >= 15 is 0 Å².